The van der Waals surface area contributed by atoms with Gasteiger partial charge in [-0.15, -0.1) is 0 Å². The molecule has 1 aromatic heterocycles. The van der Waals surface area contributed by atoms with Gasteiger partial charge >= 0.3 is 0 Å². The zero-order valence-electron chi connectivity index (χ0n) is 17.2. The Morgan fingerprint density at radius 3 is 2.36 bits per heavy atom. The molecule has 0 fully saturated rings. The third kappa shape index (κ3) is 2.84. The molecule has 0 saturated heterocycles. The number of pyridine rings is 1. The lowest BCUT2D eigenvalue weighted by Gasteiger charge is -2.15. The second-order valence-electron chi connectivity index (χ2n) is 7.38. The van der Waals surface area contributed by atoms with Gasteiger partial charge in [-0.3, -0.25) is 0 Å². The van der Waals surface area contributed by atoms with Crippen LogP contribution in [0.4, 0.5) is 4.39 Å². The largest absolute Gasteiger partial charge is 0.220 e. The van der Waals surface area contributed by atoms with Crippen LogP contribution in [0.3, 0.4) is 0 Å². The summed E-state index contributed by atoms with van der Waals surface area (Å²) in [5.41, 5.74) is 6.55. The number of hydrogen-bond acceptors (Lipinski definition) is 0. The Balaban J connectivity index is 2.52. The molecule has 0 unspecified atom stereocenters. The average molecular weight is 337 g/mol. The van der Waals surface area contributed by atoms with E-state index >= 15 is 0 Å². The molecule has 0 spiro atoms. The first kappa shape index (κ1) is 16.3. The molecular formula is C23H27FN+. The molecule has 0 bridgehead atoms. The molecule has 2 aromatic carbocycles. The molecule has 1 nitrogen and oxygen atoms in total. The van der Waals surface area contributed by atoms with E-state index in [1.807, 2.05) is 40.8 Å². The summed E-state index contributed by atoms with van der Waals surface area (Å²) < 4.78 is 25.0. The summed E-state index contributed by atoms with van der Waals surface area (Å²) in [6, 6.07) is 8.86. The van der Waals surface area contributed by atoms with Crippen molar-refractivity contribution in [2.45, 2.75) is 47.5 Å². The maximum atomic E-state index is 14.4. The summed E-state index contributed by atoms with van der Waals surface area (Å²) in [6.07, 6.45) is 0. The number of halogens is 1. The highest BCUT2D eigenvalue weighted by molar-refractivity contribution is 5.94. The van der Waals surface area contributed by atoms with Crippen molar-refractivity contribution < 1.29 is 10.3 Å². The number of aryl methyl sites for hydroxylation is 1. The molecule has 0 aliphatic heterocycles. The van der Waals surface area contributed by atoms with Crippen LogP contribution in [-0.2, 0) is 7.05 Å². The van der Waals surface area contributed by atoms with Gasteiger partial charge < -0.3 is 0 Å². The molecule has 3 aromatic rings. The van der Waals surface area contributed by atoms with Crippen molar-refractivity contribution in [1.82, 2.24) is 0 Å². The van der Waals surface area contributed by atoms with Crippen molar-refractivity contribution in [2.75, 3.05) is 0 Å². The zero-order chi connectivity index (χ0) is 19.3. The third-order valence-electron chi connectivity index (χ3n) is 5.38. The fraction of sp³-hybridized carbons (Fsp3) is 0.348. The van der Waals surface area contributed by atoms with Crippen molar-refractivity contribution in [3.8, 4) is 11.3 Å². The Morgan fingerprint density at radius 2 is 1.72 bits per heavy atom. The maximum absolute atomic E-state index is 14.4. The number of rotatable bonds is 2. The summed E-state index contributed by atoms with van der Waals surface area (Å²) in [5.74, 6) is 0.278. The number of benzene rings is 2. The van der Waals surface area contributed by atoms with E-state index in [0.717, 1.165) is 33.3 Å². The van der Waals surface area contributed by atoms with Gasteiger partial charge in [0.2, 0.25) is 5.69 Å². The normalized spacial score (nSPS) is 12.1. The van der Waals surface area contributed by atoms with E-state index < -0.39 is 0 Å². The van der Waals surface area contributed by atoms with Gasteiger partial charge in [0.25, 0.3) is 0 Å². The van der Waals surface area contributed by atoms with Crippen LogP contribution in [0, 0.1) is 33.5 Å². The summed E-state index contributed by atoms with van der Waals surface area (Å²) in [5, 5.41) is 2.00. The fourth-order valence-electron chi connectivity index (χ4n) is 3.48. The Bertz CT molecular complexity index is 1030. The van der Waals surface area contributed by atoms with Gasteiger partial charge in [0, 0.05) is 13.0 Å². The number of fused-ring (bicyclic) bond motifs is 1. The smallest absolute Gasteiger partial charge is 0.206 e. The van der Waals surface area contributed by atoms with E-state index in [0.29, 0.717) is 23.1 Å². The van der Waals surface area contributed by atoms with E-state index in [1.165, 1.54) is 5.56 Å². The van der Waals surface area contributed by atoms with Crippen LogP contribution in [0.15, 0.2) is 30.3 Å². The molecule has 0 saturated carbocycles. The van der Waals surface area contributed by atoms with Crippen LogP contribution in [0.1, 0.15) is 49.1 Å². The fourth-order valence-corrected chi connectivity index (χ4v) is 3.48. The van der Waals surface area contributed by atoms with Crippen LogP contribution in [0.25, 0.3) is 22.0 Å². The minimum atomic E-state index is -0.130. The summed E-state index contributed by atoms with van der Waals surface area (Å²) in [7, 11) is 2.00. The van der Waals surface area contributed by atoms with Gasteiger partial charge in [-0.1, -0.05) is 26.0 Å². The summed E-state index contributed by atoms with van der Waals surface area (Å²) in [6.45, 7) is 12.0. The summed E-state index contributed by atoms with van der Waals surface area (Å²) >= 11 is 0. The molecule has 0 atom stereocenters. The van der Waals surface area contributed by atoms with Crippen LogP contribution in [-0.4, -0.2) is 0 Å². The molecule has 0 amide bonds. The quantitative estimate of drug-likeness (QED) is 0.518. The first-order valence-corrected chi connectivity index (χ1v) is 8.84. The van der Waals surface area contributed by atoms with Gasteiger partial charge in [0.05, 0.1) is 12.3 Å². The Labute approximate surface area is 151 Å². The van der Waals surface area contributed by atoms with Crippen LogP contribution in [0.5, 0.6) is 0 Å². The average Bonchev–Trinajstić information content (AvgIpc) is 2.61. The minimum Gasteiger partial charge on any atom is -0.206 e. The predicted molar refractivity (Wildman–Crippen MR) is 104 cm³/mol. The van der Waals surface area contributed by atoms with Crippen molar-refractivity contribution in [1.29, 1.82) is 0 Å². The van der Waals surface area contributed by atoms with Crippen molar-refractivity contribution in [3.05, 3.63) is 64.1 Å². The van der Waals surface area contributed by atoms with E-state index in [-0.39, 0.29) is 5.82 Å². The molecule has 3 rings (SSSR count). The number of nitrogens with zero attached hydrogens (tertiary/aromatic N) is 1. The van der Waals surface area contributed by atoms with Crippen molar-refractivity contribution in [3.63, 3.8) is 0 Å². The molecule has 2 heteroatoms. The molecule has 130 valence electrons. The minimum absolute atomic E-state index is 0.130. The molecule has 1 heterocycles. The van der Waals surface area contributed by atoms with E-state index in [1.54, 1.807) is 0 Å². The lowest BCUT2D eigenvalue weighted by molar-refractivity contribution is -0.665. The standard InChI is InChI=1S/C23H27FN/c1-13(2)18-8-9-19-11-15(4)25(7)23(21(19)12-18)20-10-14(3)22(24)17(6)16(20)5/h8-13H,1-7H3/q+1/i11D. The van der Waals surface area contributed by atoms with E-state index in [9.17, 15) is 4.39 Å². The van der Waals surface area contributed by atoms with Gasteiger partial charge in [-0.2, -0.15) is 4.57 Å². The second-order valence-corrected chi connectivity index (χ2v) is 7.38. The molecule has 0 aliphatic carbocycles. The molecule has 0 aliphatic rings. The first-order valence-electron chi connectivity index (χ1n) is 9.34. The van der Waals surface area contributed by atoms with Crippen molar-refractivity contribution >= 4 is 10.8 Å². The Morgan fingerprint density at radius 1 is 1.04 bits per heavy atom. The van der Waals surface area contributed by atoms with Crippen LogP contribution >= 0.6 is 0 Å². The van der Waals surface area contributed by atoms with E-state index in [2.05, 4.69) is 36.6 Å². The predicted octanol–water partition coefficient (Wildman–Crippen LogP) is 5.83. The molecule has 0 radical (unpaired) electrons. The third-order valence-corrected chi connectivity index (χ3v) is 5.38. The highest BCUT2D eigenvalue weighted by atomic mass is 19.1. The molecular weight excluding hydrogens is 309 g/mol. The van der Waals surface area contributed by atoms with Crippen LogP contribution in [0.2, 0.25) is 0 Å². The number of aromatic nitrogens is 1. The monoisotopic (exact) mass is 337 g/mol. The lowest BCUT2D eigenvalue weighted by Crippen LogP contribution is -2.35. The lowest BCUT2D eigenvalue weighted by atomic mass is 9.92. The van der Waals surface area contributed by atoms with Gasteiger partial charge in [0.15, 0.2) is 5.69 Å². The maximum Gasteiger partial charge on any atom is 0.220 e. The highest BCUT2D eigenvalue weighted by Crippen LogP contribution is 2.33. The highest BCUT2D eigenvalue weighted by Gasteiger charge is 2.22. The Hall–Kier alpha value is -2.22. The second kappa shape index (κ2) is 6.25. The Kier molecular flexibility index (Phi) is 4.07. The molecule has 25 heavy (non-hydrogen) atoms. The summed E-state index contributed by atoms with van der Waals surface area (Å²) in [4.78, 5) is 0. The van der Waals surface area contributed by atoms with Gasteiger partial charge in [0.1, 0.15) is 12.9 Å². The SMILES string of the molecule is [2H]c1c(C)[n+](C)c(-c2cc(C)c(F)c(C)c2C)c2cc(C(C)C)ccc12. The topological polar surface area (TPSA) is 3.88 Å². The van der Waals surface area contributed by atoms with Crippen molar-refractivity contribution in [2.24, 2.45) is 7.05 Å². The first-order chi connectivity index (χ1) is 12.1. The van der Waals surface area contributed by atoms with Gasteiger partial charge in [-0.25, -0.2) is 4.39 Å². The number of hydrogen-bond donors (Lipinski definition) is 0. The van der Waals surface area contributed by atoms with Crippen LogP contribution < -0.4 is 4.57 Å². The molecule has 0 N–H and O–H groups in total. The van der Waals surface area contributed by atoms with Gasteiger partial charge in [-0.05, 0) is 66.5 Å². The van der Waals surface area contributed by atoms with E-state index in [4.69, 9.17) is 1.37 Å². The zero-order valence-corrected chi connectivity index (χ0v) is 16.2.